The average Bonchev–Trinajstić information content (AvgIpc) is 2.29. The molecule has 2 nitrogen and oxygen atoms in total. The molecule has 2 rings (SSSR count). The van der Waals surface area contributed by atoms with Gasteiger partial charge in [-0.15, -0.1) is 0 Å². The van der Waals surface area contributed by atoms with Crippen LogP contribution in [0.4, 0.5) is 21.5 Å². The number of nitrogens with one attached hydrogen (secondary N) is 1. The van der Waals surface area contributed by atoms with E-state index in [0.717, 1.165) is 15.7 Å². The van der Waals surface area contributed by atoms with Crippen LogP contribution in [0, 0.1) is 12.7 Å². The maximum atomic E-state index is 13.3. The number of benzene rings is 2. The third-order valence-corrected chi connectivity index (χ3v) is 3.65. The van der Waals surface area contributed by atoms with Gasteiger partial charge < -0.3 is 11.1 Å². The largest absolute Gasteiger partial charge is 0.397 e. The molecule has 0 saturated carbocycles. The SMILES string of the molecule is Cc1cc(Br)ccc1Nc1cc(Br)c(F)cc1N. The molecule has 0 unspecified atom stereocenters. The summed E-state index contributed by atoms with van der Waals surface area (Å²) in [5.74, 6) is -0.370. The van der Waals surface area contributed by atoms with Crippen molar-refractivity contribution in [2.24, 2.45) is 0 Å². The molecular weight excluding hydrogens is 363 g/mol. The summed E-state index contributed by atoms with van der Waals surface area (Å²) in [6.07, 6.45) is 0. The second-order valence-electron chi connectivity index (χ2n) is 3.94. The first kappa shape index (κ1) is 13.4. The lowest BCUT2D eigenvalue weighted by Crippen LogP contribution is -1.99. The number of rotatable bonds is 2. The van der Waals surface area contributed by atoms with E-state index in [2.05, 4.69) is 37.2 Å². The number of anilines is 3. The Morgan fingerprint density at radius 1 is 1.11 bits per heavy atom. The normalized spacial score (nSPS) is 10.4. The molecule has 2 aromatic rings. The molecule has 0 amide bonds. The van der Waals surface area contributed by atoms with Crippen LogP contribution in [0.1, 0.15) is 5.56 Å². The Morgan fingerprint density at radius 3 is 2.50 bits per heavy atom. The zero-order valence-corrected chi connectivity index (χ0v) is 12.8. The van der Waals surface area contributed by atoms with Crippen molar-refractivity contribution in [3.63, 3.8) is 0 Å². The van der Waals surface area contributed by atoms with Crippen molar-refractivity contribution in [1.82, 2.24) is 0 Å². The molecule has 5 heteroatoms. The lowest BCUT2D eigenvalue weighted by Gasteiger charge is -2.12. The van der Waals surface area contributed by atoms with Gasteiger partial charge in [-0.1, -0.05) is 15.9 Å². The van der Waals surface area contributed by atoms with E-state index in [1.807, 2.05) is 25.1 Å². The van der Waals surface area contributed by atoms with Gasteiger partial charge in [0.25, 0.3) is 0 Å². The molecule has 0 aromatic heterocycles. The van der Waals surface area contributed by atoms with Gasteiger partial charge in [0.1, 0.15) is 5.82 Å². The van der Waals surface area contributed by atoms with Gasteiger partial charge in [0, 0.05) is 16.2 Å². The first-order valence-electron chi connectivity index (χ1n) is 5.25. The molecular formula is C13H11Br2FN2. The highest BCUT2D eigenvalue weighted by Crippen LogP contribution is 2.31. The van der Waals surface area contributed by atoms with Gasteiger partial charge in [-0.3, -0.25) is 0 Å². The maximum absolute atomic E-state index is 13.3. The van der Waals surface area contributed by atoms with E-state index < -0.39 is 0 Å². The molecule has 94 valence electrons. The van der Waals surface area contributed by atoms with Gasteiger partial charge in [-0.25, -0.2) is 4.39 Å². The summed E-state index contributed by atoms with van der Waals surface area (Å²) < 4.78 is 14.7. The van der Waals surface area contributed by atoms with Crippen molar-refractivity contribution in [3.05, 3.63) is 50.7 Å². The Balaban J connectivity index is 2.37. The lowest BCUT2D eigenvalue weighted by atomic mass is 10.2. The fraction of sp³-hybridized carbons (Fsp3) is 0.0769. The first-order chi connectivity index (χ1) is 8.47. The summed E-state index contributed by atoms with van der Waals surface area (Å²) >= 11 is 6.55. The van der Waals surface area contributed by atoms with Gasteiger partial charge in [-0.05, 0) is 52.7 Å². The zero-order valence-electron chi connectivity index (χ0n) is 9.60. The molecule has 0 saturated heterocycles. The maximum Gasteiger partial charge on any atom is 0.139 e. The third-order valence-electron chi connectivity index (χ3n) is 2.55. The van der Waals surface area contributed by atoms with Crippen LogP contribution in [0.15, 0.2) is 39.3 Å². The summed E-state index contributed by atoms with van der Waals surface area (Å²) in [5.41, 5.74) is 8.84. The van der Waals surface area contributed by atoms with Crippen molar-refractivity contribution in [1.29, 1.82) is 0 Å². The second-order valence-corrected chi connectivity index (χ2v) is 5.71. The van der Waals surface area contributed by atoms with E-state index in [4.69, 9.17) is 5.73 Å². The van der Waals surface area contributed by atoms with Gasteiger partial charge in [0.05, 0.1) is 15.8 Å². The summed E-state index contributed by atoms with van der Waals surface area (Å²) in [5, 5.41) is 3.19. The van der Waals surface area contributed by atoms with Crippen LogP contribution < -0.4 is 11.1 Å². The molecule has 0 heterocycles. The highest BCUT2D eigenvalue weighted by molar-refractivity contribution is 9.10. The standard InChI is InChI=1S/C13H11Br2FN2/c1-7-4-8(14)2-3-12(7)18-13-5-9(15)10(16)6-11(13)17/h2-6,18H,17H2,1H3. The van der Waals surface area contributed by atoms with Crippen LogP contribution in [0.3, 0.4) is 0 Å². The molecule has 0 fully saturated rings. The Hall–Kier alpha value is -1.07. The van der Waals surface area contributed by atoms with Crippen molar-refractivity contribution in [2.75, 3.05) is 11.1 Å². The summed E-state index contributed by atoms with van der Waals surface area (Å²) in [7, 11) is 0. The lowest BCUT2D eigenvalue weighted by molar-refractivity contribution is 0.622. The summed E-state index contributed by atoms with van der Waals surface area (Å²) in [6, 6.07) is 8.80. The molecule has 0 aliphatic carbocycles. The molecule has 18 heavy (non-hydrogen) atoms. The molecule has 0 atom stereocenters. The van der Waals surface area contributed by atoms with Crippen molar-refractivity contribution < 1.29 is 4.39 Å². The van der Waals surface area contributed by atoms with Crippen molar-refractivity contribution in [2.45, 2.75) is 6.92 Å². The molecule has 0 spiro atoms. The summed E-state index contributed by atoms with van der Waals surface area (Å²) in [4.78, 5) is 0. The molecule has 0 aliphatic rings. The number of nitrogen functional groups attached to an aromatic ring is 1. The topological polar surface area (TPSA) is 38.0 Å². The minimum absolute atomic E-state index is 0.370. The molecule has 0 bridgehead atoms. The van der Waals surface area contributed by atoms with E-state index in [-0.39, 0.29) is 5.82 Å². The highest BCUT2D eigenvalue weighted by Gasteiger charge is 2.07. The smallest absolute Gasteiger partial charge is 0.139 e. The Morgan fingerprint density at radius 2 is 1.83 bits per heavy atom. The number of halogens is 3. The van der Waals surface area contributed by atoms with Crippen molar-refractivity contribution >= 4 is 48.9 Å². The van der Waals surface area contributed by atoms with Crippen LogP contribution in [-0.2, 0) is 0 Å². The average molecular weight is 374 g/mol. The minimum Gasteiger partial charge on any atom is -0.397 e. The minimum atomic E-state index is -0.370. The monoisotopic (exact) mass is 372 g/mol. The predicted octanol–water partition coefficient (Wildman–Crippen LogP) is 4.98. The van der Waals surface area contributed by atoms with E-state index in [1.54, 1.807) is 6.07 Å². The van der Waals surface area contributed by atoms with E-state index in [0.29, 0.717) is 15.8 Å². The second kappa shape index (κ2) is 5.28. The molecule has 0 aliphatic heterocycles. The van der Waals surface area contributed by atoms with Gasteiger partial charge >= 0.3 is 0 Å². The van der Waals surface area contributed by atoms with Gasteiger partial charge in [0.15, 0.2) is 0 Å². The highest BCUT2D eigenvalue weighted by atomic mass is 79.9. The summed E-state index contributed by atoms with van der Waals surface area (Å²) in [6.45, 7) is 1.99. The van der Waals surface area contributed by atoms with Crippen LogP contribution in [0.5, 0.6) is 0 Å². The zero-order chi connectivity index (χ0) is 13.3. The van der Waals surface area contributed by atoms with Crippen LogP contribution >= 0.6 is 31.9 Å². The number of nitrogens with two attached hydrogens (primary N) is 1. The number of aryl methyl sites for hydroxylation is 1. The Bertz CT molecular complexity index is 600. The fourth-order valence-electron chi connectivity index (χ4n) is 1.58. The number of hydrogen-bond donors (Lipinski definition) is 2. The molecule has 2 aromatic carbocycles. The van der Waals surface area contributed by atoms with Gasteiger partial charge in [0.2, 0.25) is 0 Å². The van der Waals surface area contributed by atoms with Crippen LogP contribution in [-0.4, -0.2) is 0 Å². The predicted molar refractivity (Wildman–Crippen MR) is 80.7 cm³/mol. The molecule has 3 N–H and O–H groups in total. The van der Waals surface area contributed by atoms with E-state index in [9.17, 15) is 4.39 Å². The van der Waals surface area contributed by atoms with E-state index >= 15 is 0 Å². The number of hydrogen-bond acceptors (Lipinski definition) is 2. The quantitative estimate of drug-likeness (QED) is 0.728. The van der Waals surface area contributed by atoms with Gasteiger partial charge in [-0.2, -0.15) is 0 Å². The Kier molecular flexibility index (Phi) is 3.92. The third kappa shape index (κ3) is 2.84. The molecule has 0 radical (unpaired) electrons. The van der Waals surface area contributed by atoms with Crippen molar-refractivity contribution in [3.8, 4) is 0 Å². The fourth-order valence-corrected chi connectivity index (χ4v) is 2.40. The van der Waals surface area contributed by atoms with Crippen LogP contribution in [0.2, 0.25) is 0 Å². The Labute approximate surface area is 122 Å². The van der Waals surface area contributed by atoms with E-state index in [1.165, 1.54) is 6.07 Å². The first-order valence-corrected chi connectivity index (χ1v) is 6.83. The van der Waals surface area contributed by atoms with Crippen LogP contribution in [0.25, 0.3) is 0 Å².